The van der Waals surface area contributed by atoms with Crippen molar-refractivity contribution < 1.29 is 0 Å². The molecule has 1 aliphatic rings. The second-order valence-electron chi connectivity index (χ2n) is 5.52. The van der Waals surface area contributed by atoms with Crippen LogP contribution in [0.15, 0.2) is 22.8 Å². The summed E-state index contributed by atoms with van der Waals surface area (Å²) in [5, 5.41) is 3.57. The van der Waals surface area contributed by atoms with Gasteiger partial charge in [0.05, 0.1) is 5.69 Å². The molecule has 2 rings (SSSR count). The number of hydrogen-bond acceptors (Lipinski definition) is 3. The van der Waals surface area contributed by atoms with E-state index in [9.17, 15) is 0 Å². The van der Waals surface area contributed by atoms with Gasteiger partial charge in [0.25, 0.3) is 0 Å². The number of hydrogen-bond donors (Lipinski definition) is 1. The summed E-state index contributed by atoms with van der Waals surface area (Å²) in [6.07, 6.45) is 1.88. The van der Waals surface area contributed by atoms with E-state index in [0.29, 0.717) is 18.0 Å². The summed E-state index contributed by atoms with van der Waals surface area (Å²) in [6, 6.07) is 5.34. The first-order valence-electron chi connectivity index (χ1n) is 6.64. The van der Waals surface area contributed by atoms with Gasteiger partial charge in [-0.05, 0) is 40.9 Å². The van der Waals surface area contributed by atoms with Crippen LogP contribution in [0.5, 0.6) is 0 Å². The summed E-state index contributed by atoms with van der Waals surface area (Å²) in [5.74, 6) is 0.667. The van der Waals surface area contributed by atoms with Gasteiger partial charge in [0, 0.05) is 42.4 Å². The lowest BCUT2D eigenvalue weighted by molar-refractivity contribution is 0.0943. The zero-order valence-corrected chi connectivity index (χ0v) is 12.9. The van der Waals surface area contributed by atoms with Gasteiger partial charge in [-0.2, -0.15) is 0 Å². The van der Waals surface area contributed by atoms with Gasteiger partial charge >= 0.3 is 0 Å². The van der Waals surface area contributed by atoms with Crippen LogP contribution in [0.1, 0.15) is 26.5 Å². The van der Waals surface area contributed by atoms with Gasteiger partial charge in [0.2, 0.25) is 0 Å². The highest BCUT2D eigenvalue weighted by atomic mass is 79.9. The van der Waals surface area contributed by atoms with Crippen molar-refractivity contribution in [3.8, 4) is 0 Å². The van der Waals surface area contributed by atoms with Gasteiger partial charge in [0.15, 0.2) is 0 Å². The largest absolute Gasteiger partial charge is 0.311 e. The Labute approximate surface area is 118 Å². The van der Waals surface area contributed by atoms with E-state index in [0.717, 1.165) is 29.8 Å². The summed E-state index contributed by atoms with van der Waals surface area (Å²) in [4.78, 5) is 7.04. The highest BCUT2D eigenvalue weighted by molar-refractivity contribution is 9.10. The van der Waals surface area contributed by atoms with Gasteiger partial charge in [-0.1, -0.05) is 13.8 Å². The highest BCUT2D eigenvalue weighted by Gasteiger charge is 2.28. The summed E-state index contributed by atoms with van der Waals surface area (Å²) in [5.41, 5.74) is 1.15. The molecule has 0 saturated carbocycles. The Balaban J connectivity index is 2.06. The summed E-state index contributed by atoms with van der Waals surface area (Å²) in [6.45, 7) is 9.96. The van der Waals surface area contributed by atoms with Crippen LogP contribution in [0.3, 0.4) is 0 Å². The van der Waals surface area contributed by atoms with Crippen molar-refractivity contribution in [2.75, 3.05) is 13.1 Å². The molecule has 1 aliphatic heterocycles. The van der Waals surface area contributed by atoms with Crippen LogP contribution in [-0.2, 0) is 6.54 Å². The van der Waals surface area contributed by atoms with E-state index < -0.39 is 0 Å². The highest BCUT2D eigenvalue weighted by Crippen LogP contribution is 2.18. The van der Waals surface area contributed by atoms with Crippen LogP contribution >= 0.6 is 15.9 Å². The quantitative estimate of drug-likeness (QED) is 0.930. The minimum Gasteiger partial charge on any atom is -0.311 e. The molecule has 100 valence electrons. The predicted molar refractivity (Wildman–Crippen MR) is 78.4 cm³/mol. The van der Waals surface area contributed by atoms with Gasteiger partial charge in [-0.15, -0.1) is 0 Å². The molecule has 0 radical (unpaired) electrons. The van der Waals surface area contributed by atoms with E-state index in [4.69, 9.17) is 0 Å². The molecule has 1 saturated heterocycles. The first kappa shape index (κ1) is 14.0. The smallest absolute Gasteiger partial charge is 0.0544 e. The standard InChI is InChI=1S/C14H22BrN3/c1-10(2)14-7-16-11(3)8-18(14)9-13-5-4-12(15)6-17-13/h4-6,10-11,14,16H,7-9H2,1-3H3. The number of nitrogens with zero attached hydrogens (tertiary/aromatic N) is 2. The van der Waals surface area contributed by atoms with Gasteiger partial charge in [-0.3, -0.25) is 9.88 Å². The van der Waals surface area contributed by atoms with Gasteiger partial charge in [0.1, 0.15) is 0 Å². The number of aromatic nitrogens is 1. The zero-order valence-electron chi connectivity index (χ0n) is 11.4. The molecule has 0 aliphatic carbocycles. The minimum atomic E-state index is 0.565. The lowest BCUT2D eigenvalue weighted by Gasteiger charge is -2.41. The topological polar surface area (TPSA) is 28.2 Å². The van der Waals surface area contributed by atoms with Crippen LogP contribution in [0.2, 0.25) is 0 Å². The molecule has 18 heavy (non-hydrogen) atoms. The Morgan fingerprint density at radius 2 is 2.28 bits per heavy atom. The third-order valence-corrected chi connectivity index (χ3v) is 4.05. The molecule has 1 aromatic heterocycles. The summed E-state index contributed by atoms with van der Waals surface area (Å²) in [7, 11) is 0. The monoisotopic (exact) mass is 311 g/mol. The maximum Gasteiger partial charge on any atom is 0.0544 e. The first-order chi connectivity index (χ1) is 8.56. The molecular weight excluding hydrogens is 290 g/mol. The molecular formula is C14H22BrN3. The third-order valence-electron chi connectivity index (χ3n) is 3.58. The van der Waals surface area contributed by atoms with Crippen LogP contribution < -0.4 is 5.32 Å². The molecule has 0 amide bonds. The zero-order chi connectivity index (χ0) is 13.1. The van der Waals surface area contributed by atoms with E-state index in [-0.39, 0.29) is 0 Å². The SMILES string of the molecule is CC1CN(Cc2ccc(Br)cn2)C(C(C)C)CN1. The van der Waals surface area contributed by atoms with E-state index in [2.05, 4.69) is 64.0 Å². The Hall–Kier alpha value is -0.450. The molecule has 1 aromatic rings. The van der Waals surface area contributed by atoms with Crippen LogP contribution in [0.25, 0.3) is 0 Å². The van der Waals surface area contributed by atoms with Crippen LogP contribution in [0.4, 0.5) is 0 Å². The van der Waals surface area contributed by atoms with Crippen LogP contribution in [-0.4, -0.2) is 35.1 Å². The second-order valence-corrected chi connectivity index (χ2v) is 6.43. The Morgan fingerprint density at radius 1 is 1.50 bits per heavy atom. The molecule has 2 atom stereocenters. The van der Waals surface area contributed by atoms with E-state index in [1.54, 1.807) is 0 Å². The van der Waals surface area contributed by atoms with Crippen molar-refractivity contribution in [2.45, 2.75) is 39.4 Å². The molecule has 0 aromatic carbocycles. The average Bonchev–Trinajstić information content (AvgIpc) is 2.32. The molecule has 3 nitrogen and oxygen atoms in total. The number of nitrogens with one attached hydrogen (secondary N) is 1. The fourth-order valence-corrected chi connectivity index (χ4v) is 2.78. The number of pyridine rings is 1. The predicted octanol–water partition coefficient (Wildman–Crippen LogP) is 2.66. The van der Waals surface area contributed by atoms with Gasteiger partial charge < -0.3 is 5.32 Å². The first-order valence-corrected chi connectivity index (χ1v) is 7.43. The lowest BCUT2D eigenvalue weighted by atomic mass is 9.98. The van der Waals surface area contributed by atoms with E-state index in [1.165, 1.54) is 0 Å². The van der Waals surface area contributed by atoms with Crippen molar-refractivity contribution in [1.82, 2.24) is 15.2 Å². The Kier molecular flexibility index (Phi) is 4.76. The molecule has 1 N–H and O–H groups in total. The van der Waals surface area contributed by atoms with Crippen molar-refractivity contribution in [1.29, 1.82) is 0 Å². The van der Waals surface area contributed by atoms with Gasteiger partial charge in [-0.25, -0.2) is 0 Å². The van der Waals surface area contributed by atoms with Crippen molar-refractivity contribution >= 4 is 15.9 Å². The molecule has 2 unspecified atom stereocenters. The van der Waals surface area contributed by atoms with Crippen LogP contribution in [0, 0.1) is 5.92 Å². The maximum atomic E-state index is 4.48. The normalized spacial score (nSPS) is 25.6. The molecule has 4 heteroatoms. The third kappa shape index (κ3) is 3.53. The molecule has 1 fully saturated rings. The average molecular weight is 312 g/mol. The van der Waals surface area contributed by atoms with E-state index >= 15 is 0 Å². The minimum absolute atomic E-state index is 0.565. The second kappa shape index (κ2) is 6.13. The molecule has 2 heterocycles. The number of piperazine rings is 1. The number of rotatable bonds is 3. The number of halogens is 1. The van der Waals surface area contributed by atoms with Crippen molar-refractivity contribution in [3.63, 3.8) is 0 Å². The van der Waals surface area contributed by atoms with Crippen molar-refractivity contribution in [3.05, 3.63) is 28.5 Å². The van der Waals surface area contributed by atoms with Crippen molar-refractivity contribution in [2.24, 2.45) is 5.92 Å². The lowest BCUT2D eigenvalue weighted by Crippen LogP contribution is -2.56. The van der Waals surface area contributed by atoms with E-state index in [1.807, 2.05) is 6.20 Å². The fourth-order valence-electron chi connectivity index (χ4n) is 2.55. The summed E-state index contributed by atoms with van der Waals surface area (Å²) >= 11 is 3.43. The molecule has 0 bridgehead atoms. The fraction of sp³-hybridized carbons (Fsp3) is 0.643. The molecule has 0 spiro atoms. The Morgan fingerprint density at radius 3 is 2.89 bits per heavy atom. The Bertz CT molecular complexity index is 377. The maximum absolute atomic E-state index is 4.48. The summed E-state index contributed by atoms with van der Waals surface area (Å²) < 4.78 is 1.04.